The number of hydrogen-bond donors (Lipinski definition) is 3. The molecule has 2 rings (SSSR count). The number of amides is 2. The lowest BCUT2D eigenvalue weighted by Crippen LogP contribution is -2.37. The highest BCUT2D eigenvalue weighted by Gasteiger charge is 2.05. The van der Waals surface area contributed by atoms with E-state index in [0.29, 0.717) is 103 Å². The van der Waals surface area contributed by atoms with Crippen LogP contribution in [0.3, 0.4) is 0 Å². The quantitative estimate of drug-likeness (QED) is 0.0967. The summed E-state index contributed by atoms with van der Waals surface area (Å²) >= 11 is 0. The largest absolute Gasteiger partial charge is 0.491 e. The topological polar surface area (TPSA) is 196 Å². The fourth-order valence-electron chi connectivity index (χ4n) is 3.40. The number of hydrogen-bond acceptors (Lipinski definition) is 13. The number of carboxylic acid groups (broad SMARTS) is 1. The van der Waals surface area contributed by atoms with Crippen LogP contribution in [0.1, 0.15) is 12.2 Å². The van der Waals surface area contributed by atoms with E-state index in [9.17, 15) is 14.4 Å². The summed E-state index contributed by atoms with van der Waals surface area (Å²) in [6, 6.07) is 7.35. The van der Waals surface area contributed by atoms with E-state index in [1.807, 2.05) is 36.2 Å². The van der Waals surface area contributed by atoms with Crippen molar-refractivity contribution in [2.45, 2.75) is 13.3 Å². The van der Waals surface area contributed by atoms with Crippen LogP contribution in [0.25, 0.3) is 11.4 Å². The summed E-state index contributed by atoms with van der Waals surface area (Å²) in [6.45, 7) is 7.38. The number of nitrogens with zero attached hydrogens (tertiary/aromatic N) is 5. The van der Waals surface area contributed by atoms with Gasteiger partial charge in [-0.25, -0.2) is 4.79 Å². The highest BCUT2D eigenvalue weighted by Crippen LogP contribution is 2.18. The Hall–Kier alpha value is -4.09. The molecule has 1 aromatic heterocycles. The first-order valence-corrected chi connectivity index (χ1v) is 14.6. The first kappa shape index (κ1) is 37.1. The molecule has 248 valence electrons. The van der Waals surface area contributed by atoms with Crippen LogP contribution in [0.5, 0.6) is 5.75 Å². The maximum atomic E-state index is 11.9. The molecule has 0 atom stereocenters. The normalized spacial score (nSPS) is 11.2. The SMILES string of the molecule is Cc1nnc(-c2ccc(OCCOCCOCCOCCOCCC(=O)NCCN(C)CCNC(=O)/C=C\C(=O)O)cc2)nn1. The summed E-state index contributed by atoms with van der Waals surface area (Å²) in [5.74, 6) is -0.0705. The van der Waals surface area contributed by atoms with Crippen molar-refractivity contribution >= 4 is 17.8 Å². The Bertz CT molecular complexity index is 1150. The third-order valence-electron chi connectivity index (χ3n) is 5.76. The van der Waals surface area contributed by atoms with Crippen molar-refractivity contribution in [2.24, 2.45) is 0 Å². The van der Waals surface area contributed by atoms with E-state index in [-0.39, 0.29) is 12.3 Å². The van der Waals surface area contributed by atoms with Gasteiger partial charge in [-0.2, -0.15) is 0 Å². The second kappa shape index (κ2) is 23.3. The lowest BCUT2D eigenvalue weighted by atomic mass is 10.2. The lowest BCUT2D eigenvalue weighted by Gasteiger charge is -2.17. The van der Waals surface area contributed by atoms with Crippen LogP contribution >= 0.6 is 0 Å². The maximum Gasteiger partial charge on any atom is 0.328 e. The van der Waals surface area contributed by atoms with Gasteiger partial charge in [0.25, 0.3) is 0 Å². The number of aliphatic carboxylic acids is 1. The molecule has 45 heavy (non-hydrogen) atoms. The Morgan fingerprint density at radius 2 is 1.29 bits per heavy atom. The van der Waals surface area contributed by atoms with Gasteiger partial charge in [-0.05, 0) is 38.2 Å². The minimum atomic E-state index is -1.18. The molecule has 2 amide bonds. The zero-order valence-corrected chi connectivity index (χ0v) is 25.8. The number of rotatable bonds is 25. The summed E-state index contributed by atoms with van der Waals surface area (Å²) in [5, 5.41) is 29.7. The van der Waals surface area contributed by atoms with E-state index < -0.39 is 11.9 Å². The Kier molecular flexibility index (Phi) is 19.2. The molecule has 3 N–H and O–H groups in total. The molecule has 16 nitrogen and oxygen atoms in total. The number of aryl methyl sites for hydroxylation is 1. The highest BCUT2D eigenvalue weighted by molar-refractivity contribution is 5.93. The Morgan fingerprint density at radius 1 is 0.756 bits per heavy atom. The monoisotopic (exact) mass is 633 g/mol. The van der Waals surface area contributed by atoms with Gasteiger partial charge >= 0.3 is 5.97 Å². The zero-order chi connectivity index (χ0) is 32.5. The predicted octanol–water partition coefficient (Wildman–Crippen LogP) is -0.118. The first-order valence-electron chi connectivity index (χ1n) is 14.6. The van der Waals surface area contributed by atoms with Gasteiger partial charge in [0.05, 0.1) is 52.9 Å². The number of aromatic nitrogens is 4. The van der Waals surface area contributed by atoms with Gasteiger partial charge in [0.2, 0.25) is 17.6 Å². The van der Waals surface area contributed by atoms with Crippen molar-refractivity contribution in [3.05, 3.63) is 42.2 Å². The molecule has 0 aliphatic carbocycles. The van der Waals surface area contributed by atoms with Gasteiger partial charge in [0.1, 0.15) is 12.4 Å². The van der Waals surface area contributed by atoms with Gasteiger partial charge in [0, 0.05) is 50.3 Å². The van der Waals surface area contributed by atoms with Gasteiger partial charge in [-0.1, -0.05) is 0 Å². The fourth-order valence-corrected chi connectivity index (χ4v) is 3.40. The van der Waals surface area contributed by atoms with E-state index >= 15 is 0 Å². The fraction of sp³-hybridized carbons (Fsp3) is 0.552. The molecular formula is C29H43N7O9. The Labute approximate surface area is 262 Å². The molecule has 16 heteroatoms. The summed E-state index contributed by atoms with van der Waals surface area (Å²) < 4.78 is 27.5. The van der Waals surface area contributed by atoms with Crippen LogP contribution in [0.15, 0.2) is 36.4 Å². The molecule has 0 radical (unpaired) electrons. The molecular weight excluding hydrogens is 590 g/mol. The smallest absolute Gasteiger partial charge is 0.328 e. The van der Waals surface area contributed by atoms with Crippen molar-refractivity contribution in [1.82, 2.24) is 35.9 Å². The average Bonchev–Trinajstić information content (AvgIpc) is 3.02. The molecule has 2 aromatic rings. The molecule has 0 fully saturated rings. The van der Waals surface area contributed by atoms with Crippen molar-refractivity contribution in [2.75, 3.05) is 92.7 Å². The zero-order valence-electron chi connectivity index (χ0n) is 25.8. The number of likely N-dealkylation sites (N-methyl/N-ethyl adjacent to an activating group) is 1. The number of ether oxygens (including phenoxy) is 5. The van der Waals surface area contributed by atoms with E-state index in [2.05, 4.69) is 31.0 Å². The van der Waals surface area contributed by atoms with Crippen molar-refractivity contribution < 1.29 is 43.2 Å². The number of benzene rings is 1. The van der Waals surface area contributed by atoms with Crippen molar-refractivity contribution in [1.29, 1.82) is 0 Å². The van der Waals surface area contributed by atoms with E-state index in [4.69, 9.17) is 28.8 Å². The lowest BCUT2D eigenvalue weighted by molar-refractivity contribution is -0.131. The number of carboxylic acids is 1. The second-order valence-electron chi connectivity index (χ2n) is 9.46. The third-order valence-corrected chi connectivity index (χ3v) is 5.76. The third kappa shape index (κ3) is 19.0. The molecule has 1 heterocycles. The Morgan fingerprint density at radius 3 is 1.87 bits per heavy atom. The highest BCUT2D eigenvalue weighted by atomic mass is 16.6. The van der Waals surface area contributed by atoms with Crippen LogP contribution in [0.4, 0.5) is 0 Å². The summed E-state index contributed by atoms with van der Waals surface area (Å²) in [5.41, 5.74) is 0.806. The van der Waals surface area contributed by atoms with Crippen LogP contribution in [0, 0.1) is 6.92 Å². The molecule has 1 aromatic carbocycles. The van der Waals surface area contributed by atoms with Crippen molar-refractivity contribution in [3.63, 3.8) is 0 Å². The van der Waals surface area contributed by atoms with Gasteiger partial charge in [-0.15, -0.1) is 20.4 Å². The van der Waals surface area contributed by atoms with Gasteiger partial charge in [0.15, 0.2) is 5.82 Å². The molecule has 0 saturated carbocycles. The van der Waals surface area contributed by atoms with E-state index in [1.165, 1.54) is 0 Å². The average molecular weight is 634 g/mol. The summed E-state index contributed by atoms with van der Waals surface area (Å²) in [6.07, 6.45) is 1.99. The molecule has 0 aliphatic heterocycles. The number of carbonyl (C=O) groups is 3. The van der Waals surface area contributed by atoms with Crippen LogP contribution < -0.4 is 15.4 Å². The van der Waals surface area contributed by atoms with Gasteiger partial charge < -0.3 is 44.3 Å². The second-order valence-corrected chi connectivity index (χ2v) is 9.46. The molecule has 0 unspecified atom stereocenters. The number of nitrogens with one attached hydrogen (secondary N) is 2. The molecule has 0 saturated heterocycles. The van der Waals surface area contributed by atoms with Crippen LogP contribution in [-0.4, -0.2) is 141 Å². The molecule has 0 spiro atoms. The Balaban J connectivity index is 1.31. The molecule has 0 aliphatic rings. The summed E-state index contributed by atoms with van der Waals surface area (Å²) in [7, 11) is 1.85. The maximum absolute atomic E-state index is 11.9. The van der Waals surface area contributed by atoms with E-state index in [1.54, 1.807) is 6.92 Å². The van der Waals surface area contributed by atoms with Crippen LogP contribution in [-0.2, 0) is 33.3 Å². The standard InChI is InChI=1S/C29H43N7O9/c1-23-32-34-29(35-33-23)24-3-5-25(6-4-24)45-22-21-44-20-19-43-18-17-42-16-15-41-14-9-27(38)31-11-13-36(2)12-10-30-26(37)7-8-28(39)40/h3-8H,9-22H2,1-2H3,(H,30,37)(H,31,38)(H,39,40)/b8-7-. The minimum Gasteiger partial charge on any atom is -0.491 e. The minimum absolute atomic E-state index is 0.113. The molecule has 0 bridgehead atoms. The van der Waals surface area contributed by atoms with E-state index in [0.717, 1.165) is 17.7 Å². The van der Waals surface area contributed by atoms with Gasteiger partial charge in [-0.3, -0.25) is 9.59 Å². The first-order chi connectivity index (χ1) is 21.8. The van der Waals surface area contributed by atoms with Crippen molar-refractivity contribution in [3.8, 4) is 17.1 Å². The predicted molar refractivity (Wildman–Crippen MR) is 161 cm³/mol. The number of carbonyl (C=O) groups excluding carboxylic acids is 2. The van der Waals surface area contributed by atoms with Crippen LogP contribution in [0.2, 0.25) is 0 Å². The summed E-state index contributed by atoms with van der Waals surface area (Å²) in [4.78, 5) is 35.6.